The number of benzene rings is 1. The van der Waals surface area contributed by atoms with E-state index in [1.165, 1.54) is 19.3 Å². The first-order valence-corrected chi connectivity index (χ1v) is 18.2. The number of amides is 2. The van der Waals surface area contributed by atoms with Crippen LogP contribution in [0.25, 0.3) is 0 Å². The summed E-state index contributed by atoms with van der Waals surface area (Å²) in [6.45, 7) is 17.3. The summed E-state index contributed by atoms with van der Waals surface area (Å²) in [4.78, 5) is 28.3. The highest BCUT2D eigenvalue weighted by Crippen LogP contribution is 2.43. The van der Waals surface area contributed by atoms with E-state index in [2.05, 4.69) is 39.2 Å². The molecule has 4 atom stereocenters. The number of β-amino-alcohol motifs (C(OH)–C–C–N with tert-alkyl or cyclic N) is 1. The lowest BCUT2D eigenvalue weighted by atomic mass is 9.83. The van der Waals surface area contributed by atoms with Gasteiger partial charge in [0.25, 0.3) is 0 Å². The Morgan fingerprint density at radius 3 is 2.25 bits per heavy atom. The third-order valence-corrected chi connectivity index (χ3v) is 13.4. The molecule has 1 saturated heterocycles. The van der Waals surface area contributed by atoms with E-state index in [0.717, 1.165) is 18.4 Å². The number of rotatable bonds is 10. The van der Waals surface area contributed by atoms with Gasteiger partial charge in [0, 0.05) is 13.1 Å². The molecule has 1 aromatic rings. The molecular formula is C32H54N2O5Si. The van der Waals surface area contributed by atoms with Gasteiger partial charge in [0.05, 0.1) is 24.2 Å². The first kappa shape index (κ1) is 32.6. The normalized spacial score (nSPS) is 21.7. The molecule has 2 aliphatic rings. The molecule has 0 aromatic heterocycles. The molecule has 1 aliphatic heterocycles. The smallest absolute Gasteiger partial charge is 0.407 e. The van der Waals surface area contributed by atoms with Crippen LogP contribution in [0.1, 0.15) is 98.2 Å². The molecule has 3 rings (SSSR count). The zero-order chi connectivity index (χ0) is 29.7. The average Bonchev–Trinajstić information content (AvgIpc) is 3.21. The van der Waals surface area contributed by atoms with Crippen molar-refractivity contribution in [3.05, 3.63) is 35.9 Å². The lowest BCUT2D eigenvalue weighted by molar-refractivity contribution is -0.135. The predicted octanol–water partition coefficient (Wildman–Crippen LogP) is 6.82. The van der Waals surface area contributed by atoms with Gasteiger partial charge in [0.2, 0.25) is 5.91 Å². The van der Waals surface area contributed by atoms with Crippen molar-refractivity contribution in [2.45, 2.75) is 128 Å². The van der Waals surface area contributed by atoms with Crippen LogP contribution in [0.3, 0.4) is 0 Å². The maximum Gasteiger partial charge on any atom is 0.407 e. The fraction of sp³-hybridized carbons (Fsp3) is 0.750. The molecule has 226 valence electrons. The van der Waals surface area contributed by atoms with Crippen molar-refractivity contribution in [3.63, 3.8) is 0 Å². The number of nitrogens with one attached hydrogen (secondary N) is 1. The number of carbonyl (C=O) groups is 2. The molecule has 2 N–H and O–H groups in total. The zero-order valence-electron chi connectivity index (χ0n) is 26.2. The fourth-order valence-electron chi connectivity index (χ4n) is 5.65. The van der Waals surface area contributed by atoms with E-state index >= 15 is 0 Å². The number of aliphatic hydroxyl groups excluding tert-OH is 1. The van der Waals surface area contributed by atoms with Crippen LogP contribution < -0.4 is 5.32 Å². The molecule has 8 heteroatoms. The minimum absolute atomic E-state index is 0.0111. The fourth-order valence-corrected chi connectivity index (χ4v) is 6.94. The van der Waals surface area contributed by atoms with Gasteiger partial charge in [0.15, 0.2) is 8.32 Å². The van der Waals surface area contributed by atoms with Crippen LogP contribution in [0, 0.1) is 11.8 Å². The number of carbonyl (C=O) groups excluding carboxylic acids is 2. The topological polar surface area (TPSA) is 88.1 Å². The van der Waals surface area contributed by atoms with Gasteiger partial charge >= 0.3 is 6.09 Å². The summed E-state index contributed by atoms with van der Waals surface area (Å²) in [5.74, 6) is 0.158. The standard InChI is InChI=1S/C32H54N2O5Si/c1-31(2,3)38-30(37)33-26(21-23-15-11-9-12-16-23)27(35)22-34-20-19-25(29(34)36)28(24-17-13-10-14-18-24)39-40(7,8)32(4,5)6/h10,13-14,17-18,23,25-28,35H,9,11-12,15-16,19-22H2,1-8H3,(H,33,37)/t25-,26-,27-,28+/m0/s1. The van der Waals surface area contributed by atoms with Gasteiger partial charge < -0.3 is 24.5 Å². The lowest BCUT2D eigenvalue weighted by Gasteiger charge is -2.40. The number of nitrogens with zero attached hydrogens (tertiary/aromatic N) is 1. The van der Waals surface area contributed by atoms with Gasteiger partial charge in [0.1, 0.15) is 5.60 Å². The number of hydrogen-bond acceptors (Lipinski definition) is 5. The van der Waals surface area contributed by atoms with Crippen LogP contribution in [0.2, 0.25) is 18.1 Å². The van der Waals surface area contributed by atoms with Crippen molar-refractivity contribution in [1.82, 2.24) is 10.2 Å². The summed E-state index contributed by atoms with van der Waals surface area (Å²) in [6, 6.07) is 9.60. The molecular weight excluding hydrogens is 520 g/mol. The van der Waals surface area contributed by atoms with Crippen LogP contribution in [-0.4, -0.2) is 61.2 Å². The van der Waals surface area contributed by atoms with E-state index < -0.39 is 32.2 Å². The molecule has 0 bridgehead atoms. The van der Waals surface area contributed by atoms with Gasteiger partial charge in [-0.05, 0) is 63.2 Å². The Bertz CT molecular complexity index is 966. The molecule has 1 aliphatic carbocycles. The Morgan fingerprint density at radius 1 is 1.05 bits per heavy atom. The van der Waals surface area contributed by atoms with Crippen LogP contribution in [0.15, 0.2) is 30.3 Å². The Hall–Kier alpha value is -1.90. The predicted molar refractivity (Wildman–Crippen MR) is 163 cm³/mol. The molecule has 1 heterocycles. The molecule has 1 saturated carbocycles. The Balaban J connectivity index is 1.75. The molecule has 1 aromatic carbocycles. The summed E-state index contributed by atoms with van der Waals surface area (Å²) < 4.78 is 12.4. The quantitative estimate of drug-likeness (QED) is 0.299. The highest BCUT2D eigenvalue weighted by molar-refractivity contribution is 6.74. The van der Waals surface area contributed by atoms with Crippen LogP contribution in [0.4, 0.5) is 4.79 Å². The van der Waals surface area contributed by atoms with E-state index in [4.69, 9.17) is 9.16 Å². The van der Waals surface area contributed by atoms with Crippen molar-refractivity contribution < 1.29 is 23.9 Å². The maximum absolute atomic E-state index is 13.9. The number of ether oxygens (including phenoxy) is 1. The minimum atomic E-state index is -2.16. The van der Waals surface area contributed by atoms with Crippen molar-refractivity contribution in [1.29, 1.82) is 0 Å². The molecule has 2 amide bonds. The summed E-state index contributed by atoms with van der Waals surface area (Å²) >= 11 is 0. The van der Waals surface area contributed by atoms with Gasteiger partial charge in [-0.25, -0.2) is 4.79 Å². The Labute approximate surface area is 243 Å². The maximum atomic E-state index is 13.9. The molecule has 7 nitrogen and oxygen atoms in total. The average molecular weight is 575 g/mol. The van der Waals surface area contributed by atoms with E-state index in [0.29, 0.717) is 25.3 Å². The first-order valence-electron chi connectivity index (χ1n) is 15.3. The van der Waals surface area contributed by atoms with E-state index in [9.17, 15) is 14.7 Å². The largest absolute Gasteiger partial charge is 0.444 e. The van der Waals surface area contributed by atoms with Crippen LogP contribution >= 0.6 is 0 Å². The van der Waals surface area contributed by atoms with Gasteiger partial charge in [-0.2, -0.15) is 0 Å². The minimum Gasteiger partial charge on any atom is -0.444 e. The monoisotopic (exact) mass is 574 g/mol. The van der Waals surface area contributed by atoms with Crippen molar-refractivity contribution in [2.75, 3.05) is 13.1 Å². The lowest BCUT2D eigenvalue weighted by Crippen LogP contribution is -2.51. The van der Waals surface area contributed by atoms with E-state index in [1.54, 1.807) is 4.90 Å². The van der Waals surface area contributed by atoms with Crippen molar-refractivity contribution >= 4 is 20.3 Å². The Kier molecular flexibility index (Phi) is 10.9. The second kappa shape index (κ2) is 13.4. The first-order chi connectivity index (χ1) is 18.6. The summed E-state index contributed by atoms with van der Waals surface area (Å²) in [7, 11) is -2.16. The second-order valence-electron chi connectivity index (χ2n) is 14.4. The second-order valence-corrected chi connectivity index (χ2v) is 19.2. The van der Waals surface area contributed by atoms with Crippen LogP contribution in [-0.2, 0) is 14.0 Å². The van der Waals surface area contributed by atoms with Gasteiger partial charge in [-0.3, -0.25) is 4.79 Å². The number of aliphatic hydroxyl groups is 1. The van der Waals surface area contributed by atoms with Gasteiger partial charge in [-0.1, -0.05) is 83.2 Å². The third-order valence-electron chi connectivity index (χ3n) is 8.95. The zero-order valence-corrected chi connectivity index (χ0v) is 27.2. The summed E-state index contributed by atoms with van der Waals surface area (Å²) in [5, 5.41) is 14.4. The molecule has 40 heavy (non-hydrogen) atoms. The van der Waals surface area contributed by atoms with Gasteiger partial charge in [-0.15, -0.1) is 0 Å². The number of hydrogen-bond donors (Lipinski definition) is 2. The number of likely N-dealkylation sites (tertiary alicyclic amines) is 1. The van der Waals surface area contributed by atoms with E-state index in [-0.39, 0.29) is 29.5 Å². The molecule has 0 unspecified atom stereocenters. The van der Waals surface area contributed by atoms with Crippen molar-refractivity contribution in [2.24, 2.45) is 11.8 Å². The van der Waals surface area contributed by atoms with Crippen molar-refractivity contribution in [3.8, 4) is 0 Å². The van der Waals surface area contributed by atoms with E-state index in [1.807, 2.05) is 51.1 Å². The highest BCUT2D eigenvalue weighted by Gasteiger charge is 2.46. The third kappa shape index (κ3) is 9.05. The number of alkyl carbamates (subject to hydrolysis) is 1. The Morgan fingerprint density at radius 2 is 1.68 bits per heavy atom. The summed E-state index contributed by atoms with van der Waals surface area (Å²) in [6.07, 6.45) is 5.45. The summed E-state index contributed by atoms with van der Waals surface area (Å²) in [5.41, 5.74) is 0.397. The molecule has 0 spiro atoms. The molecule has 2 fully saturated rings. The highest BCUT2D eigenvalue weighted by atomic mass is 28.4. The van der Waals surface area contributed by atoms with Crippen LogP contribution in [0.5, 0.6) is 0 Å². The SMILES string of the molecule is CC(C)(C)OC(=O)N[C@@H](CC1CCCCC1)[C@@H](O)CN1CC[C@@H]([C@H](O[Si](C)(C)C(C)(C)C)c2ccccc2)C1=O. The molecule has 0 radical (unpaired) electrons.